The normalized spacial score (nSPS) is 13.6. The van der Waals surface area contributed by atoms with Gasteiger partial charge in [0.1, 0.15) is 5.75 Å². The number of aryl methyl sites for hydroxylation is 2. The molecule has 0 aliphatic carbocycles. The van der Waals surface area contributed by atoms with Gasteiger partial charge in [0.25, 0.3) is 0 Å². The van der Waals surface area contributed by atoms with Crippen LogP contribution in [0.2, 0.25) is 0 Å². The third kappa shape index (κ3) is 5.76. The van der Waals surface area contributed by atoms with Gasteiger partial charge in [-0.1, -0.05) is 18.2 Å². The van der Waals surface area contributed by atoms with Crippen molar-refractivity contribution in [2.24, 2.45) is 0 Å². The molecule has 2 aromatic carbocycles. The quantitative estimate of drug-likeness (QED) is 0.478. The molecule has 2 aromatic rings. The summed E-state index contributed by atoms with van der Waals surface area (Å²) in [6.07, 6.45) is 1.32. The Morgan fingerprint density at radius 2 is 1.21 bits per heavy atom. The fourth-order valence-electron chi connectivity index (χ4n) is 2.60. The van der Waals surface area contributed by atoms with Crippen LogP contribution in [-0.2, 0) is 12.8 Å². The van der Waals surface area contributed by atoms with Gasteiger partial charge in [-0.15, -0.1) is 0 Å². The predicted octanol–water partition coefficient (Wildman–Crippen LogP) is 2.48. The molecule has 0 heterocycles. The van der Waals surface area contributed by atoms with Gasteiger partial charge in [-0.3, -0.25) is 0 Å². The summed E-state index contributed by atoms with van der Waals surface area (Å²) in [5.74, 6) is -0.116. The van der Waals surface area contributed by atoms with Crippen molar-refractivity contribution < 1.29 is 25.5 Å². The molecule has 24 heavy (non-hydrogen) atoms. The smallest absolute Gasteiger partial charge is 0.157 e. The lowest BCUT2D eigenvalue weighted by molar-refractivity contribution is 0.0714. The molecule has 2 rings (SSSR count). The van der Waals surface area contributed by atoms with Crippen molar-refractivity contribution in [3.8, 4) is 17.2 Å². The molecule has 0 unspecified atom stereocenters. The molecule has 5 heteroatoms. The second kappa shape index (κ2) is 8.57. The molecule has 0 saturated heterocycles. The fourth-order valence-corrected chi connectivity index (χ4v) is 2.60. The van der Waals surface area contributed by atoms with E-state index in [0.717, 1.165) is 11.1 Å². The maximum absolute atomic E-state index is 10.0. The molecule has 0 radical (unpaired) electrons. The van der Waals surface area contributed by atoms with Crippen molar-refractivity contribution >= 4 is 0 Å². The first kappa shape index (κ1) is 18.1. The number of aliphatic hydroxyl groups excluding tert-OH is 2. The van der Waals surface area contributed by atoms with Gasteiger partial charge in [-0.05, 0) is 67.5 Å². The Labute approximate surface area is 141 Å². The van der Waals surface area contributed by atoms with Gasteiger partial charge in [0, 0.05) is 0 Å². The summed E-state index contributed by atoms with van der Waals surface area (Å²) in [5.41, 5.74) is 1.85. The summed E-state index contributed by atoms with van der Waals surface area (Å²) in [4.78, 5) is 0. The Hall–Kier alpha value is -2.24. The minimum atomic E-state index is -0.629. The van der Waals surface area contributed by atoms with Gasteiger partial charge in [-0.2, -0.15) is 0 Å². The monoisotopic (exact) mass is 332 g/mol. The lowest BCUT2D eigenvalue weighted by Gasteiger charge is -2.16. The number of benzene rings is 2. The van der Waals surface area contributed by atoms with Crippen molar-refractivity contribution in [3.63, 3.8) is 0 Å². The Kier molecular flexibility index (Phi) is 6.46. The number of phenolic OH excluding ortho intramolecular Hbond substituents is 3. The van der Waals surface area contributed by atoms with Crippen molar-refractivity contribution in [2.75, 3.05) is 0 Å². The molecule has 2 atom stereocenters. The van der Waals surface area contributed by atoms with E-state index in [2.05, 4.69) is 0 Å². The molecule has 0 spiro atoms. The molecule has 5 N–H and O–H groups in total. The average Bonchev–Trinajstić information content (AvgIpc) is 2.55. The van der Waals surface area contributed by atoms with E-state index < -0.39 is 12.2 Å². The third-order valence-electron chi connectivity index (χ3n) is 4.05. The molecule has 0 aliphatic rings. The van der Waals surface area contributed by atoms with Crippen LogP contribution >= 0.6 is 0 Å². The van der Waals surface area contributed by atoms with Gasteiger partial charge < -0.3 is 25.5 Å². The molecule has 0 saturated carbocycles. The predicted molar refractivity (Wildman–Crippen MR) is 91.2 cm³/mol. The van der Waals surface area contributed by atoms with Crippen LogP contribution < -0.4 is 0 Å². The topological polar surface area (TPSA) is 101 Å². The van der Waals surface area contributed by atoms with E-state index in [0.29, 0.717) is 32.1 Å². The number of phenols is 3. The van der Waals surface area contributed by atoms with Crippen LogP contribution in [0.4, 0.5) is 0 Å². The maximum atomic E-state index is 10.0. The van der Waals surface area contributed by atoms with E-state index >= 15 is 0 Å². The molecule has 0 bridgehead atoms. The summed E-state index contributed by atoms with van der Waals surface area (Å²) >= 11 is 0. The van der Waals surface area contributed by atoms with Crippen LogP contribution in [0.5, 0.6) is 17.2 Å². The van der Waals surface area contributed by atoms with Crippen molar-refractivity contribution in [2.45, 2.75) is 44.3 Å². The molecule has 130 valence electrons. The first-order chi connectivity index (χ1) is 11.4. The van der Waals surface area contributed by atoms with Crippen LogP contribution in [0.1, 0.15) is 30.4 Å². The second-order valence-electron chi connectivity index (χ2n) is 6.11. The zero-order chi connectivity index (χ0) is 17.5. The van der Waals surface area contributed by atoms with Gasteiger partial charge in [0.05, 0.1) is 12.2 Å². The number of hydrogen-bond donors (Lipinski definition) is 5. The van der Waals surface area contributed by atoms with E-state index in [4.69, 9.17) is 0 Å². The molecule has 0 fully saturated rings. The summed E-state index contributed by atoms with van der Waals surface area (Å²) in [6, 6.07) is 11.5. The van der Waals surface area contributed by atoms with Gasteiger partial charge in [0.2, 0.25) is 0 Å². The summed E-state index contributed by atoms with van der Waals surface area (Å²) < 4.78 is 0. The minimum Gasteiger partial charge on any atom is -0.508 e. The second-order valence-corrected chi connectivity index (χ2v) is 6.11. The Morgan fingerprint density at radius 1 is 0.667 bits per heavy atom. The molecule has 5 nitrogen and oxygen atoms in total. The van der Waals surface area contributed by atoms with E-state index in [1.54, 1.807) is 18.2 Å². The van der Waals surface area contributed by atoms with Crippen LogP contribution in [0, 0.1) is 0 Å². The Bertz CT molecular complexity index is 639. The highest BCUT2D eigenvalue weighted by Crippen LogP contribution is 2.25. The minimum absolute atomic E-state index is 0.163. The fraction of sp³-hybridized carbons (Fsp3) is 0.368. The van der Waals surface area contributed by atoms with Crippen LogP contribution in [0.3, 0.4) is 0 Å². The highest BCUT2D eigenvalue weighted by molar-refractivity contribution is 5.40. The van der Waals surface area contributed by atoms with Crippen LogP contribution in [0.15, 0.2) is 42.5 Å². The van der Waals surface area contributed by atoms with Crippen molar-refractivity contribution in [1.29, 1.82) is 0 Å². The number of aromatic hydroxyl groups is 3. The first-order valence-corrected chi connectivity index (χ1v) is 8.09. The summed E-state index contributed by atoms with van der Waals surface area (Å²) in [6.45, 7) is 0. The summed E-state index contributed by atoms with van der Waals surface area (Å²) in [5, 5.41) is 48.0. The standard InChI is InChI=1S/C19H24O5/c20-15-6-1-13(2-7-15)3-8-16(21)12-17(22)9-4-14-5-10-18(23)19(24)11-14/h1-2,5-7,10-11,16-17,20-24H,3-4,8-9,12H2/t16-,17+/m1/s1. The number of hydrogen-bond acceptors (Lipinski definition) is 5. The number of aliphatic hydroxyl groups is 2. The SMILES string of the molecule is Oc1ccc(CC[C@@H](O)C[C@@H](O)CCc2ccc(O)c(O)c2)cc1. The van der Waals surface area contributed by atoms with Gasteiger partial charge >= 0.3 is 0 Å². The molecular formula is C19H24O5. The van der Waals surface area contributed by atoms with E-state index in [1.165, 1.54) is 12.1 Å². The highest BCUT2D eigenvalue weighted by Gasteiger charge is 2.13. The van der Waals surface area contributed by atoms with Gasteiger partial charge in [0.15, 0.2) is 11.5 Å². The lowest BCUT2D eigenvalue weighted by atomic mass is 9.99. The molecule has 0 aliphatic heterocycles. The van der Waals surface area contributed by atoms with Crippen LogP contribution in [-0.4, -0.2) is 37.7 Å². The lowest BCUT2D eigenvalue weighted by Crippen LogP contribution is -2.19. The van der Waals surface area contributed by atoms with Crippen molar-refractivity contribution in [1.82, 2.24) is 0 Å². The highest BCUT2D eigenvalue weighted by atomic mass is 16.3. The largest absolute Gasteiger partial charge is 0.508 e. The Balaban J connectivity index is 1.71. The maximum Gasteiger partial charge on any atom is 0.157 e. The first-order valence-electron chi connectivity index (χ1n) is 8.09. The van der Waals surface area contributed by atoms with Crippen molar-refractivity contribution in [3.05, 3.63) is 53.6 Å². The zero-order valence-electron chi connectivity index (χ0n) is 13.5. The van der Waals surface area contributed by atoms with E-state index in [9.17, 15) is 25.5 Å². The van der Waals surface area contributed by atoms with Gasteiger partial charge in [-0.25, -0.2) is 0 Å². The summed E-state index contributed by atoms with van der Waals surface area (Å²) in [7, 11) is 0. The van der Waals surface area contributed by atoms with E-state index in [1.807, 2.05) is 12.1 Å². The molecule has 0 aromatic heterocycles. The molecule has 0 amide bonds. The van der Waals surface area contributed by atoms with Crippen LogP contribution in [0.25, 0.3) is 0 Å². The zero-order valence-corrected chi connectivity index (χ0v) is 13.5. The molecular weight excluding hydrogens is 308 g/mol. The number of rotatable bonds is 8. The average molecular weight is 332 g/mol. The Morgan fingerprint density at radius 3 is 1.79 bits per heavy atom. The third-order valence-corrected chi connectivity index (χ3v) is 4.05. The van der Waals surface area contributed by atoms with E-state index in [-0.39, 0.29) is 17.2 Å².